The lowest BCUT2D eigenvalue weighted by Gasteiger charge is -2.09. The Morgan fingerprint density at radius 3 is 2.70 bits per heavy atom. The fraction of sp³-hybridized carbons (Fsp3) is 0.235. The van der Waals surface area contributed by atoms with Gasteiger partial charge in [-0.2, -0.15) is 0 Å². The van der Waals surface area contributed by atoms with Crippen molar-refractivity contribution in [1.29, 1.82) is 0 Å². The lowest BCUT2D eigenvalue weighted by Crippen LogP contribution is -2.16. The molecule has 0 fully saturated rings. The van der Waals surface area contributed by atoms with Gasteiger partial charge in [-0.1, -0.05) is 6.08 Å². The zero-order chi connectivity index (χ0) is 16.7. The molecule has 6 nitrogen and oxygen atoms in total. The standard InChI is InChI=1S/C17H20N4O2/c1-4-10-18-17-19-12(3)11-15(21-17)16(22)20-13-6-8-14(9-7-13)23-5-2/h4,6-9,11H,1,5,10H2,2-3H3,(H,20,22)(H,18,19,21). The molecular weight excluding hydrogens is 292 g/mol. The predicted octanol–water partition coefficient (Wildman–Crippen LogP) is 3.03. The van der Waals surface area contributed by atoms with Gasteiger partial charge in [-0.05, 0) is 44.2 Å². The molecule has 2 aromatic rings. The summed E-state index contributed by atoms with van der Waals surface area (Å²) in [5.41, 5.74) is 1.69. The van der Waals surface area contributed by atoms with E-state index < -0.39 is 0 Å². The van der Waals surface area contributed by atoms with Crippen LogP contribution in [0.1, 0.15) is 23.1 Å². The van der Waals surface area contributed by atoms with Gasteiger partial charge in [-0.3, -0.25) is 4.79 Å². The number of amides is 1. The van der Waals surface area contributed by atoms with E-state index in [2.05, 4.69) is 27.2 Å². The van der Waals surface area contributed by atoms with Crippen molar-refractivity contribution in [1.82, 2.24) is 9.97 Å². The first kappa shape index (κ1) is 16.5. The fourth-order valence-corrected chi connectivity index (χ4v) is 1.92. The SMILES string of the molecule is C=CCNc1nc(C)cc(C(=O)Nc2ccc(OCC)cc2)n1. The summed E-state index contributed by atoms with van der Waals surface area (Å²) in [7, 11) is 0. The molecule has 0 spiro atoms. The van der Waals surface area contributed by atoms with Crippen LogP contribution in [0.4, 0.5) is 11.6 Å². The van der Waals surface area contributed by atoms with Crippen LogP contribution in [0.25, 0.3) is 0 Å². The summed E-state index contributed by atoms with van der Waals surface area (Å²) in [4.78, 5) is 20.8. The summed E-state index contributed by atoms with van der Waals surface area (Å²) in [6, 6.07) is 8.83. The highest BCUT2D eigenvalue weighted by Gasteiger charge is 2.11. The second-order valence-corrected chi connectivity index (χ2v) is 4.80. The Balaban J connectivity index is 2.10. The van der Waals surface area contributed by atoms with Crippen LogP contribution in [0, 0.1) is 6.92 Å². The zero-order valence-electron chi connectivity index (χ0n) is 13.3. The van der Waals surface area contributed by atoms with Gasteiger partial charge in [0.15, 0.2) is 0 Å². The summed E-state index contributed by atoms with van der Waals surface area (Å²) in [6.45, 7) is 8.49. The van der Waals surface area contributed by atoms with E-state index in [1.54, 1.807) is 36.4 Å². The second kappa shape index (κ2) is 7.93. The topological polar surface area (TPSA) is 76.1 Å². The molecule has 0 aliphatic heterocycles. The minimum atomic E-state index is -0.290. The summed E-state index contributed by atoms with van der Waals surface area (Å²) < 4.78 is 5.37. The first-order chi connectivity index (χ1) is 11.1. The molecule has 0 aliphatic rings. The highest BCUT2D eigenvalue weighted by Crippen LogP contribution is 2.16. The highest BCUT2D eigenvalue weighted by atomic mass is 16.5. The predicted molar refractivity (Wildman–Crippen MR) is 91.0 cm³/mol. The number of ether oxygens (including phenoxy) is 1. The van der Waals surface area contributed by atoms with E-state index in [1.807, 2.05) is 13.8 Å². The molecule has 0 atom stereocenters. The van der Waals surface area contributed by atoms with E-state index in [9.17, 15) is 4.79 Å². The summed E-state index contributed by atoms with van der Waals surface area (Å²) >= 11 is 0. The van der Waals surface area contributed by atoms with Crippen molar-refractivity contribution in [2.24, 2.45) is 0 Å². The molecule has 0 bridgehead atoms. The van der Waals surface area contributed by atoms with E-state index in [0.29, 0.717) is 36.2 Å². The number of hydrogen-bond donors (Lipinski definition) is 2. The van der Waals surface area contributed by atoms with Crippen LogP contribution in [0.2, 0.25) is 0 Å². The van der Waals surface area contributed by atoms with Gasteiger partial charge in [-0.15, -0.1) is 6.58 Å². The van der Waals surface area contributed by atoms with Crippen molar-refractivity contribution < 1.29 is 9.53 Å². The zero-order valence-corrected chi connectivity index (χ0v) is 13.3. The van der Waals surface area contributed by atoms with Crippen molar-refractivity contribution in [2.45, 2.75) is 13.8 Å². The van der Waals surface area contributed by atoms with Gasteiger partial charge in [-0.25, -0.2) is 9.97 Å². The minimum Gasteiger partial charge on any atom is -0.494 e. The number of aromatic nitrogens is 2. The first-order valence-corrected chi connectivity index (χ1v) is 7.37. The van der Waals surface area contributed by atoms with Gasteiger partial charge in [0, 0.05) is 17.9 Å². The quantitative estimate of drug-likeness (QED) is 0.769. The van der Waals surface area contributed by atoms with Crippen LogP contribution in [0.15, 0.2) is 43.0 Å². The Morgan fingerprint density at radius 1 is 1.30 bits per heavy atom. The van der Waals surface area contributed by atoms with Crippen molar-refractivity contribution in [3.05, 3.63) is 54.4 Å². The lowest BCUT2D eigenvalue weighted by atomic mass is 10.2. The van der Waals surface area contributed by atoms with Crippen LogP contribution in [-0.2, 0) is 0 Å². The van der Waals surface area contributed by atoms with Crippen LogP contribution in [0.5, 0.6) is 5.75 Å². The van der Waals surface area contributed by atoms with Crippen LogP contribution >= 0.6 is 0 Å². The maximum atomic E-state index is 12.3. The largest absolute Gasteiger partial charge is 0.494 e. The van der Waals surface area contributed by atoms with Crippen LogP contribution < -0.4 is 15.4 Å². The van der Waals surface area contributed by atoms with Crippen molar-refractivity contribution in [2.75, 3.05) is 23.8 Å². The lowest BCUT2D eigenvalue weighted by molar-refractivity contribution is 0.102. The molecule has 0 saturated heterocycles. The van der Waals surface area contributed by atoms with E-state index in [1.165, 1.54) is 0 Å². The number of hydrogen-bond acceptors (Lipinski definition) is 5. The van der Waals surface area contributed by atoms with Gasteiger partial charge < -0.3 is 15.4 Å². The molecule has 0 saturated carbocycles. The van der Waals surface area contributed by atoms with Crippen LogP contribution in [0.3, 0.4) is 0 Å². The Labute approximate surface area is 135 Å². The molecule has 1 heterocycles. The Hall–Kier alpha value is -2.89. The molecule has 2 N–H and O–H groups in total. The van der Waals surface area contributed by atoms with Crippen molar-refractivity contribution >= 4 is 17.5 Å². The average Bonchev–Trinajstić information content (AvgIpc) is 2.54. The molecule has 23 heavy (non-hydrogen) atoms. The molecular formula is C17H20N4O2. The van der Waals surface area contributed by atoms with E-state index in [-0.39, 0.29) is 5.91 Å². The summed E-state index contributed by atoms with van der Waals surface area (Å²) in [5.74, 6) is 0.877. The maximum Gasteiger partial charge on any atom is 0.274 e. The maximum absolute atomic E-state index is 12.3. The normalized spacial score (nSPS) is 10.0. The van der Waals surface area contributed by atoms with Gasteiger partial charge in [0.05, 0.1) is 6.61 Å². The van der Waals surface area contributed by atoms with Gasteiger partial charge >= 0.3 is 0 Å². The van der Waals surface area contributed by atoms with Gasteiger partial charge in [0.1, 0.15) is 11.4 Å². The number of rotatable bonds is 7. The van der Waals surface area contributed by atoms with E-state index >= 15 is 0 Å². The van der Waals surface area contributed by atoms with Crippen molar-refractivity contribution in [3.8, 4) is 5.75 Å². The smallest absolute Gasteiger partial charge is 0.274 e. The monoisotopic (exact) mass is 312 g/mol. The number of benzene rings is 1. The Bertz CT molecular complexity index is 683. The Kier molecular flexibility index (Phi) is 5.68. The number of carbonyl (C=O) groups is 1. The van der Waals surface area contributed by atoms with E-state index in [0.717, 1.165) is 5.75 Å². The van der Waals surface area contributed by atoms with E-state index in [4.69, 9.17) is 4.74 Å². The number of carbonyl (C=O) groups excluding carboxylic acids is 1. The van der Waals surface area contributed by atoms with Crippen molar-refractivity contribution in [3.63, 3.8) is 0 Å². The second-order valence-electron chi connectivity index (χ2n) is 4.80. The third-order valence-electron chi connectivity index (χ3n) is 2.91. The molecule has 1 aromatic carbocycles. The average molecular weight is 312 g/mol. The fourth-order valence-electron chi connectivity index (χ4n) is 1.92. The number of aryl methyl sites for hydroxylation is 1. The summed E-state index contributed by atoms with van der Waals surface area (Å²) in [5, 5.41) is 5.78. The molecule has 1 amide bonds. The molecule has 0 radical (unpaired) electrons. The molecule has 1 aromatic heterocycles. The Morgan fingerprint density at radius 2 is 2.04 bits per heavy atom. The minimum absolute atomic E-state index is 0.290. The summed E-state index contributed by atoms with van der Waals surface area (Å²) in [6.07, 6.45) is 1.70. The molecule has 6 heteroatoms. The molecule has 0 unspecified atom stereocenters. The number of nitrogens with one attached hydrogen (secondary N) is 2. The number of anilines is 2. The molecule has 0 aliphatic carbocycles. The first-order valence-electron chi connectivity index (χ1n) is 7.37. The third-order valence-corrected chi connectivity index (χ3v) is 2.91. The van der Waals surface area contributed by atoms with Crippen LogP contribution in [-0.4, -0.2) is 29.0 Å². The molecule has 2 rings (SSSR count). The third kappa shape index (κ3) is 4.81. The van der Waals surface area contributed by atoms with Gasteiger partial charge in [0.2, 0.25) is 5.95 Å². The van der Waals surface area contributed by atoms with Gasteiger partial charge in [0.25, 0.3) is 5.91 Å². The molecule has 120 valence electrons. The number of nitrogens with zero attached hydrogens (tertiary/aromatic N) is 2. The highest BCUT2D eigenvalue weighted by molar-refractivity contribution is 6.03.